The number of oxime groups is 1. The highest BCUT2D eigenvalue weighted by Crippen LogP contribution is 2.02. The lowest BCUT2D eigenvalue weighted by Gasteiger charge is -2.08. The van der Waals surface area contributed by atoms with Crippen LogP contribution in [0.15, 0.2) is 5.16 Å². The van der Waals surface area contributed by atoms with Gasteiger partial charge in [-0.15, -0.1) is 0 Å². The summed E-state index contributed by atoms with van der Waals surface area (Å²) in [5.41, 5.74) is 5.34. The van der Waals surface area contributed by atoms with E-state index in [1.807, 2.05) is 0 Å². The number of nitrogens with one attached hydrogen (secondary N) is 1. The summed E-state index contributed by atoms with van der Waals surface area (Å²) in [7, 11) is 0. The van der Waals surface area contributed by atoms with E-state index in [0.717, 1.165) is 38.8 Å². The van der Waals surface area contributed by atoms with Gasteiger partial charge < -0.3 is 21.4 Å². The van der Waals surface area contributed by atoms with Crippen LogP contribution in [0.1, 0.15) is 39.0 Å². The number of nitrogens with two attached hydrogens (primary N) is 1. The first kappa shape index (κ1) is 15.2. The number of amidine groups is 1. The second kappa shape index (κ2) is 10.7. The van der Waals surface area contributed by atoms with Crippen molar-refractivity contribution in [3.05, 3.63) is 0 Å². The van der Waals surface area contributed by atoms with E-state index in [0.29, 0.717) is 18.2 Å². The maximum absolute atomic E-state index is 8.82. The van der Waals surface area contributed by atoms with Gasteiger partial charge >= 0.3 is 0 Å². The Balaban J connectivity index is 3.10. The van der Waals surface area contributed by atoms with Crippen LogP contribution in [0.2, 0.25) is 0 Å². The van der Waals surface area contributed by atoms with Gasteiger partial charge in [-0.2, -0.15) is 0 Å². The maximum Gasteiger partial charge on any atom is 0.139 e. The van der Waals surface area contributed by atoms with Crippen LogP contribution in [0.4, 0.5) is 0 Å². The first-order valence-corrected chi connectivity index (χ1v) is 5.98. The Hall–Kier alpha value is -0.810. The summed E-state index contributed by atoms with van der Waals surface area (Å²) in [6, 6.07) is 0. The molecule has 0 aliphatic carbocycles. The average molecular weight is 231 g/mol. The number of aliphatic hydroxyl groups excluding tert-OH is 1. The smallest absolute Gasteiger partial charge is 0.139 e. The van der Waals surface area contributed by atoms with Crippen LogP contribution in [-0.2, 0) is 0 Å². The van der Waals surface area contributed by atoms with Crippen LogP contribution in [-0.4, -0.2) is 35.8 Å². The lowest BCUT2D eigenvalue weighted by molar-refractivity contribution is 0.228. The molecule has 5 N–H and O–H groups in total. The monoisotopic (exact) mass is 231 g/mol. The van der Waals surface area contributed by atoms with Gasteiger partial charge in [0, 0.05) is 13.0 Å². The predicted molar refractivity (Wildman–Crippen MR) is 65.6 cm³/mol. The van der Waals surface area contributed by atoms with E-state index in [9.17, 15) is 0 Å². The highest BCUT2D eigenvalue weighted by Gasteiger charge is 1.98. The summed E-state index contributed by atoms with van der Waals surface area (Å²) in [5.74, 6) is 0.708. The molecule has 0 heterocycles. The Bertz CT molecular complexity index is 186. The second-order valence-electron chi connectivity index (χ2n) is 4.23. The van der Waals surface area contributed by atoms with Crippen molar-refractivity contribution in [3.63, 3.8) is 0 Å². The fourth-order valence-electron chi connectivity index (χ4n) is 1.40. The van der Waals surface area contributed by atoms with Crippen LogP contribution in [0, 0.1) is 5.92 Å². The van der Waals surface area contributed by atoms with E-state index in [4.69, 9.17) is 16.0 Å². The first-order chi connectivity index (χ1) is 7.70. The van der Waals surface area contributed by atoms with Crippen LogP contribution >= 0.6 is 0 Å². The van der Waals surface area contributed by atoms with Crippen molar-refractivity contribution in [3.8, 4) is 0 Å². The summed E-state index contributed by atoms with van der Waals surface area (Å²) in [6.45, 7) is 4.29. The molecule has 1 atom stereocenters. The van der Waals surface area contributed by atoms with E-state index in [1.54, 1.807) is 0 Å². The third kappa shape index (κ3) is 9.73. The van der Waals surface area contributed by atoms with E-state index < -0.39 is 0 Å². The summed E-state index contributed by atoms with van der Waals surface area (Å²) in [5, 5.41) is 23.4. The normalized spacial score (nSPS) is 14.0. The minimum absolute atomic E-state index is 0.278. The topological polar surface area (TPSA) is 90.9 Å². The van der Waals surface area contributed by atoms with Crippen LogP contribution in [0.5, 0.6) is 0 Å². The van der Waals surface area contributed by atoms with E-state index >= 15 is 0 Å². The second-order valence-corrected chi connectivity index (χ2v) is 4.23. The fraction of sp³-hybridized carbons (Fsp3) is 0.909. The van der Waals surface area contributed by atoms with Crippen molar-refractivity contribution in [1.29, 1.82) is 0 Å². The Kier molecular flexibility index (Phi) is 10.2. The molecule has 0 aliphatic heterocycles. The molecule has 0 radical (unpaired) electrons. The van der Waals surface area contributed by atoms with Gasteiger partial charge in [0.25, 0.3) is 0 Å². The van der Waals surface area contributed by atoms with Crippen molar-refractivity contribution in [2.75, 3.05) is 19.7 Å². The zero-order chi connectivity index (χ0) is 12.2. The molecule has 1 unspecified atom stereocenters. The molecular weight excluding hydrogens is 206 g/mol. The minimum atomic E-state index is 0.278. The zero-order valence-corrected chi connectivity index (χ0v) is 10.2. The number of nitrogens with zero attached hydrogens (tertiary/aromatic N) is 1. The molecule has 0 spiro atoms. The molecule has 0 aromatic heterocycles. The Morgan fingerprint density at radius 1 is 1.31 bits per heavy atom. The number of aliphatic hydroxyl groups is 1. The molecule has 0 rings (SSSR count). The van der Waals surface area contributed by atoms with Gasteiger partial charge in [0.1, 0.15) is 5.84 Å². The summed E-state index contributed by atoms with van der Waals surface area (Å²) in [4.78, 5) is 0. The van der Waals surface area contributed by atoms with E-state index in [-0.39, 0.29) is 6.61 Å². The SMILES string of the molecule is CC(CO)CCCNCCCCC(N)=NO. The van der Waals surface area contributed by atoms with Crippen molar-refractivity contribution >= 4 is 5.84 Å². The lowest BCUT2D eigenvalue weighted by atomic mass is 10.1. The quantitative estimate of drug-likeness (QED) is 0.148. The Morgan fingerprint density at radius 2 is 2.00 bits per heavy atom. The summed E-state index contributed by atoms with van der Waals surface area (Å²) >= 11 is 0. The van der Waals surface area contributed by atoms with Gasteiger partial charge in [-0.05, 0) is 44.7 Å². The Labute approximate surface area is 97.7 Å². The number of unbranched alkanes of at least 4 members (excludes halogenated alkanes) is 1. The molecule has 0 aliphatic rings. The molecular formula is C11H25N3O2. The summed E-state index contributed by atoms with van der Waals surface area (Å²) in [6.07, 6.45) is 4.79. The number of rotatable bonds is 10. The number of hydrogen-bond donors (Lipinski definition) is 4. The predicted octanol–water partition coefficient (Wildman–Crippen LogP) is 0.901. The third-order valence-corrected chi connectivity index (χ3v) is 2.53. The van der Waals surface area contributed by atoms with Crippen molar-refractivity contribution in [1.82, 2.24) is 5.32 Å². The molecule has 0 bridgehead atoms. The molecule has 0 fully saturated rings. The van der Waals surface area contributed by atoms with Gasteiger partial charge in [-0.3, -0.25) is 0 Å². The van der Waals surface area contributed by atoms with Crippen molar-refractivity contribution in [2.45, 2.75) is 39.0 Å². The van der Waals surface area contributed by atoms with Crippen LogP contribution in [0.25, 0.3) is 0 Å². The van der Waals surface area contributed by atoms with Gasteiger partial charge in [0.2, 0.25) is 0 Å². The maximum atomic E-state index is 8.82. The highest BCUT2D eigenvalue weighted by atomic mass is 16.4. The standard InChI is InChI=1S/C11H25N3O2/c1-10(9-15)5-4-8-13-7-3-2-6-11(12)14-16/h10,13,15-16H,2-9H2,1H3,(H2,12,14). The van der Waals surface area contributed by atoms with Crippen molar-refractivity contribution in [2.24, 2.45) is 16.8 Å². The fourth-order valence-corrected chi connectivity index (χ4v) is 1.40. The first-order valence-electron chi connectivity index (χ1n) is 5.98. The van der Waals surface area contributed by atoms with Crippen molar-refractivity contribution < 1.29 is 10.3 Å². The van der Waals surface area contributed by atoms with Gasteiger partial charge in [0.05, 0.1) is 0 Å². The van der Waals surface area contributed by atoms with Crippen LogP contribution < -0.4 is 11.1 Å². The lowest BCUT2D eigenvalue weighted by Crippen LogP contribution is -2.18. The number of hydrogen-bond acceptors (Lipinski definition) is 4. The molecule has 5 nitrogen and oxygen atoms in total. The Morgan fingerprint density at radius 3 is 2.62 bits per heavy atom. The zero-order valence-electron chi connectivity index (χ0n) is 10.2. The van der Waals surface area contributed by atoms with E-state index in [2.05, 4.69) is 17.4 Å². The van der Waals surface area contributed by atoms with Gasteiger partial charge in [-0.25, -0.2) is 0 Å². The third-order valence-electron chi connectivity index (χ3n) is 2.53. The highest BCUT2D eigenvalue weighted by molar-refractivity contribution is 5.79. The molecule has 96 valence electrons. The average Bonchev–Trinajstić information content (AvgIpc) is 2.31. The summed E-state index contributed by atoms with van der Waals surface area (Å²) < 4.78 is 0. The van der Waals surface area contributed by atoms with Gasteiger partial charge in [0.15, 0.2) is 0 Å². The largest absolute Gasteiger partial charge is 0.409 e. The molecule has 5 heteroatoms. The van der Waals surface area contributed by atoms with Crippen LogP contribution in [0.3, 0.4) is 0 Å². The minimum Gasteiger partial charge on any atom is -0.409 e. The molecule has 0 saturated heterocycles. The van der Waals surface area contributed by atoms with E-state index in [1.165, 1.54) is 0 Å². The molecule has 0 aromatic carbocycles. The molecule has 16 heavy (non-hydrogen) atoms. The molecule has 0 saturated carbocycles. The van der Waals surface area contributed by atoms with Gasteiger partial charge in [-0.1, -0.05) is 12.1 Å². The molecule has 0 amide bonds. The molecule has 0 aromatic rings.